The number of nitro groups is 1. The number of benzene rings is 1. The first-order chi connectivity index (χ1) is 10.9. The van der Waals surface area contributed by atoms with Crippen LogP contribution in [0.1, 0.15) is 16.1 Å². The minimum atomic E-state index is -1.10. The zero-order valence-corrected chi connectivity index (χ0v) is 12.3. The molecule has 0 fully saturated rings. The molecule has 2 heterocycles. The number of rotatable bonds is 3. The molecule has 0 radical (unpaired) electrons. The quantitative estimate of drug-likeness (QED) is 0.587. The van der Waals surface area contributed by atoms with E-state index in [0.29, 0.717) is 28.0 Å². The summed E-state index contributed by atoms with van der Waals surface area (Å²) in [4.78, 5) is 26.4. The third-order valence-electron chi connectivity index (χ3n) is 3.55. The van der Waals surface area contributed by atoms with Gasteiger partial charge in [0.15, 0.2) is 5.65 Å². The summed E-state index contributed by atoms with van der Waals surface area (Å²) in [5, 5.41) is 25.0. The van der Waals surface area contributed by atoms with Crippen molar-refractivity contribution in [3.63, 3.8) is 0 Å². The van der Waals surface area contributed by atoms with Gasteiger partial charge < -0.3 is 5.11 Å². The molecule has 3 aromatic rings. The molecular weight excluding hydrogens is 300 g/mol. The van der Waals surface area contributed by atoms with Crippen molar-refractivity contribution in [2.24, 2.45) is 7.05 Å². The topological polar surface area (TPSA) is 111 Å². The molecule has 0 aliphatic heterocycles. The van der Waals surface area contributed by atoms with Crippen LogP contribution in [0.3, 0.4) is 0 Å². The molecule has 0 spiro atoms. The lowest BCUT2D eigenvalue weighted by atomic mass is 10.1. The van der Waals surface area contributed by atoms with Crippen molar-refractivity contribution in [2.45, 2.75) is 6.92 Å². The number of nitrogens with zero attached hydrogens (tertiary/aromatic N) is 4. The minimum absolute atomic E-state index is 0.0714. The molecule has 1 aromatic carbocycles. The number of non-ortho nitro benzene ring substituents is 1. The molecule has 0 unspecified atom stereocenters. The Bertz CT molecular complexity index is 962. The van der Waals surface area contributed by atoms with Crippen LogP contribution in [0.4, 0.5) is 5.69 Å². The molecule has 0 saturated carbocycles. The van der Waals surface area contributed by atoms with Crippen molar-refractivity contribution in [3.05, 3.63) is 51.7 Å². The van der Waals surface area contributed by atoms with Gasteiger partial charge in [0.2, 0.25) is 0 Å². The Balaban J connectivity index is 2.31. The Morgan fingerprint density at radius 1 is 1.35 bits per heavy atom. The maximum atomic E-state index is 11.6. The molecule has 116 valence electrons. The number of aromatic carboxylic acids is 1. The predicted molar refractivity (Wildman–Crippen MR) is 82.3 cm³/mol. The molecule has 8 nitrogen and oxygen atoms in total. The average Bonchev–Trinajstić information content (AvgIpc) is 2.81. The van der Waals surface area contributed by atoms with Crippen molar-refractivity contribution >= 4 is 22.7 Å². The summed E-state index contributed by atoms with van der Waals surface area (Å²) >= 11 is 0. The highest BCUT2D eigenvalue weighted by molar-refractivity contribution is 6.04. The molecule has 0 amide bonds. The highest BCUT2D eigenvalue weighted by Gasteiger charge is 2.19. The lowest BCUT2D eigenvalue weighted by molar-refractivity contribution is -0.384. The molecule has 0 aliphatic rings. The van der Waals surface area contributed by atoms with Crippen LogP contribution in [0.2, 0.25) is 0 Å². The first-order valence-electron chi connectivity index (χ1n) is 6.71. The molecule has 0 bridgehead atoms. The fourth-order valence-electron chi connectivity index (χ4n) is 2.54. The lowest BCUT2D eigenvalue weighted by Crippen LogP contribution is -2.01. The number of fused-ring (bicyclic) bond motifs is 1. The zero-order chi connectivity index (χ0) is 16.7. The molecule has 3 rings (SSSR count). The van der Waals surface area contributed by atoms with Crippen LogP contribution in [0, 0.1) is 17.0 Å². The average molecular weight is 312 g/mol. The van der Waals surface area contributed by atoms with Gasteiger partial charge in [0.1, 0.15) is 0 Å². The largest absolute Gasteiger partial charge is 0.478 e. The second-order valence-electron chi connectivity index (χ2n) is 5.08. The third-order valence-corrected chi connectivity index (χ3v) is 3.55. The Labute approximate surface area is 130 Å². The molecular formula is C15H12N4O4. The highest BCUT2D eigenvalue weighted by atomic mass is 16.6. The summed E-state index contributed by atoms with van der Waals surface area (Å²) < 4.78 is 1.50. The molecule has 8 heteroatoms. The summed E-state index contributed by atoms with van der Waals surface area (Å²) in [5.41, 5.74) is 1.80. The monoisotopic (exact) mass is 312 g/mol. The molecule has 0 aliphatic carbocycles. The first kappa shape index (κ1) is 14.6. The van der Waals surface area contributed by atoms with Gasteiger partial charge in [0, 0.05) is 24.7 Å². The van der Waals surface area contributed by atoms with E-state index < -0.39 is 10.9 Å². The van der Waals surface area contributed by atoms with Crippen LogP contribution in [-0.4, -0.2) is 30.8 Å². The Hall–Kier alpha value is -3.29. The number of hydrogen-bond acceptors (Lipinski definition) is 5. The minimum Gasteiger partial charge on any atom is -0.478 e. The normalized spacial score (nSPS) is 10.9. The Kier molecular flexibility index (Phi) is 3.29. The van der Waals surface area contributed by atoms with E-state index in [0.717, 1.165) is 0 Å². The van der Waals surface area contributed by atoms with Crippen LogP contribution in [0.5, 0.6) is 0 Å². The van der Waals surface area contributed by atoms with E-state index in [1.165, 1.54) is 28.9 Å². The maximum absolute atomic E-state index is 11.6. The van der Waals surface area contributed by atoms with Crippen LogP contribution in [-0.2, 0) is 7.05 Å². The molecule has 0 saturated heterocycles. The number of hydrogen-bond donors (Lipinski definition) is 1. The number of aromatic nitrogens is 3. The predicted octanol–water partition coefficient (Wildman–Crippen LogP) is 2.55. The van der Waals surface area contributed by atoms with Crippen LogP contribution in [0.25, 0.3) is 22.3 Å². The summed E-state index contributed by atoms with van der Waals surface area (Å²) in [6.07, 6.45) is 0. The maximum Gasteiger partial charge on any atom is 0.336 e. The van der Waals surface area contributed by atoms with Crippen molar-refractivity contribution < 1.29 is 14.8 Å². The Morgan fingerprint density at radius 3 is 2.74 bits per heavy atom. The molecule has 1 N–H and O–H groups in total. The number of aryl methyl sites for hydroxylation is 2. The first-order valence-corrected chi connectivity index (χ1v) is 6.71. The smallest absolute Gasteiger partial charge is 0.336 e. The van der Waals surface area contributed by atoms with Crippen molar-refractivity contribution in [1.29, 1.82) is 0 Å². The molecule has 2 aromatic heterocycles. The number of carbonyl (C=O) groups is 1. The number of carboxylic acids is 1. The SMILES string of the molecule is Cc1nn(C)c2nc(-c3cccc([N+](=O)[O-])c3)cc(C(=O)O)c12. The second kappa shape index (κ2) is 5.16. The van der Waals surface area contributed by atoms with Gasteiger partial charge in [-0.25, -0.2) is 9.78 Å². The standard InChI is InChI=1S/C15H12N4O4/c1-8-13-11(15(20)21)7-12(16-14(13)18(2)17-8)9-4-3-5-10(6-9)19(22)23/h3-7H,1-2H3,(H,20,21). The van der Waals surface area contributed by atoms with E-state index in [1.54, 1.807) is 20.0 Å². The van der Waals surface area contributed by atoms with E-state index in [4.69, 9.17) is 0 Å². The van der Waals surface area contributed by atoms with E-state index in [1.807, 2.05) is 0 Å². The zero-order valence-electron chi connectivity index (χ0n) is 12.3. The van der Waals surface area contributed by atoms with E-state index in [2.05, 4.69) is 10.1 Å². The van der Waals surface area contributed by atoms with E-state index in [9.17, 15) is 20.0 Å². The summed E-state index contributed by atoms with van der Waals surface area (Å²) in [5.74, 6) is -1.10. The van der Waals surface area contributed by atoms with Crippen molar-refractivity contribution in [1.82, 2.24) is 14.8 Å². The molecule has 23 heavy (non-hydrogen) atoms. The fraction of sp³-hybridized carbons (Fsp3) is 0.133. The number of pyridine rings is 1. The van der Waals surface area contributed by atoms with Crippen LogP contribution in [0.15, 0.2) is 30.3 Å². The summed E-state index contributed by atoms with van der Waals surface area (Å²) in [6, 6.07) is 7.33. The van der Waals surface area contributed by atoms with Gasteiger partial charge >= 0.3 is 5.97 Å². The second-order valence-corrected chi connectivity index (χ2v) is 5.08. The van der Waals surface area contributed by atoms with Crippen LogP contribution >= 0.6 is 0 Å². The van der Waals surface area contributed by atoms with Gasteiger partial charge in [-0.3, -0.25) is 14.8 Å². The fourth-order valence-corrected chi connectivity index (χ4v) is 2.54. The Morgan fingerprint density at radius 2 is 2.09 bits per heavy atom. The van der Waals surface area contributed by atoms with Crippen molar-refractivity contribution in [3.8, 4) is 11.3 Å². The summed E-state index contributed by atoms with van der Waals surface area (Å²) in [6.45, 7) is 1.71. The van der Waals surface area contributed by atoms with Gasteiger partial charge in [-0.1, -0.05) is 12.1 Å². The molecule has 0 atom stereocenters. The third kappa shape index (κ3) is 2.39. The van der Waals surface area contributed by atoms with Gasteiger partial charge in [0.05, 0.1) is 27.3 Å². The number of nitro benzene ring substituents is 1. The van der Waals surface area contributed by atoms with Gasteiger partial charge in [0.25, 0.3) is 5.69 Å². The van der Waals surface area contributed by atoms with Crippen molar-refractivity contribution in [2.75, 3.05) is 0 Å². The van der Waals surface area contributed by atoms with Gasteiger partial charge in [-0.05, 0) is 13.0 Å². The number of carboxylic acid groups (broad SMARTS) is 1. The van der Waals surface area contributed by atoms with E-state index in [-0.39, 0.29) is 11.3 Å². The summed E-state index contributed by atoms with van der Waals surface area (Å²) in [7, 11) is 1.67. The van der Waals surface area contributed by atoms with Crippen LogP contribution < -0.4 is 0 Å². The van der Waals surface area contributed by atoms with E-state index >= 15 is 0 Å². The highest BCUT2D eigenvalue weighted by Crippen LogP contribution is 2.28. The van der Waals surface area contributed by atoms with Gasteiger partial charge in [-0.15, -0.1) is 0 Å². The lowest BCUT2D eigenvalue weighted by Gasteiger charge is -2.05. The van der Waals surface area contributed by atoms with Gasteiger partial charge in [-0.2, -0.15) is 5.10 Å².